The fourth-order valence-corrected chi connectivity index (χ4v) is 4.46. The van der Waals surface area contributed by atoms with Gasteiger partial charge in [-0.3, -0.25) is 9.69 Å². The van der Waals surface area contributed by atoms with Crippen LogP contribution in [0.5, 0.6) is 0 Å². The van der Waals surface area contributed by atoms with Crippen LogP contribution in [0.2, 0.25) is 0 Å². The molecule has 1 saturated heterocycles. The van der Waals surface area contributed by atoms with Crippen LogP contribution >= 0.6 is 0 Å². The Morgan fingerprint density at radius 1 is 0.903 bits per heavy atom. The van der Waals surface area contributed by atoms with Crippen molar-refractivity contribution >= 4 is 33.3 Å². The molecule has 5 nitrogen and oxygen atoms in total. The molecule has 3 aromatic carbocycles. The van der Waals surface area contributed by atoms with E-state index in [2.05, 4.69) is 63.6 Å². The molecule has 0 saturated carbocycles. The molecule has 0 aliphatic carbocycles. The van der Waals surface area contributed by atoms with Crippen molar-refractivity contribution in [2.75, 3.05) is 44.2 Å². The van der Waals surface area contributed by atoms with Gasteiger partial charge < -0.3 is 14.6 Å². The standard InChI is InChI=1S/C26H27N3O2/c30-25(18-21-19-31-24-11-10-20-6-4-5-9-23(20)26(21)24)27-12-13-28-14-16-29(17-15-28)22-7-2-1-3-8-22/h1-11,19H,12-18H2,(H,27,30). The molecular formula is C26H27N3O2. The molecule has 1 N–H and O–H groups in total. The van der Waals surface area contributed by atoms with Crippen LogP contribution in [-0.4, -0.2) is 50.1 Å². The van der Waals surface area contributed by atoms with Gasteiger partial charge in [0, 0.05) is 55.9 Å². The molecule has 0 atom stereocenters. The van der Waals surface area contributed by atoms with E-state index in [0.29, 0.717) is 13.0 Å². The summed E-state index contributed by atoms with van der Waals surface area (Å²) in [5.41, 5.74) is 3.06. The van der Waals surface area contributed by atoms with E-state index in [4.69, 9.17) is 4.42 Å². The van der Waals surface area contributed by atoms with Gasteiger partial charge in [-0.1, -0.05) is 48.5 Å². The number of anilines is 1. The largest absolute Gasteiger partial charge is 0.464 e. The molecule has 0 unspecified atom stereocenters. The molecule has 1 aliphatic rings. The third-order valence-corrected chi connectivity index (χ3v) is 6.13. The highest BCUT2D eigenvalue weighted by molar-refractivity contribution is 6.08. The van der Waals surface area contributed by atoms with Crippen LogP contribution in [0.3, 0.4) is 0 Å². The van der Waals surface area contributed by atoms with Crippen molar-refractivity contribution in [1.29, 1.82) is 0 Å². The lowest BCUT2D eigenvalue weighted by Gasteiger charge is -2.36. The molecule has 0 radical (unpaired) electrons. The molecule has 1 amide bonds. The fourth-order valence-electron chi connectivity index (χ4n) is 4.46. The number of furan rings is 1. The number of carbonyl (C=O) groups excluding carboxylic acids is 1. The van der Waals surface area contributed by atoms with Gasteiger partial charge >= 0.3 is 0 Å². The maximum Gasteiger partial charge on any atom is 0.224 e. The normalized spacial score (nSPS) is 14.9. The number of fused-ring (bicyclic) bond motifs is 3. The molecule has 1 aromatic heterocycles. The lowest BCUT2D eigenvalue weighted by molar-refractivity contribution is -0.120. The summed E-state index contributed by atoms with van der Waals surface area (Å²) in [5, 5.41) is 6.43. The summed E-state index contributed by atoms with van der Waals surface area (Å²) in [6.45, 7) is 5.62. The highest BCUT2D eigenvalue weighted by Crippen LogP contribution is 2.30. The predicted molar refractivity (Wildman–Crippen MR) is 126 cm³/mol. The van der Waals surface area contributed by atoms with E-state index in [1.807, 2.05) is 18.2 Å². The quantitative estimate of drug-likeness (QED) is 0.518. The third-order valence-electron chi connectivity index (χ3n) is 6.13. The van der Waals surface area contributed by atoms with Crippen molar-refractivity contribution in [1.82, 2.24) is 10.2 Å². The summed E-state index contributed by atoms with van der Waals surface area (Å²) in [5.74, 6) is 0.0403. The molecule has 1 aliphatic heterocycles. The zero-order valence-corrected chi connectivity index (χ0v) is 17.6. The Kier molecular flexibility index (Phi) is 5.59. The van der Waals surface area contributed by atoms with E-state index in [0.717, 1.165) is 60.0 Å². The summed E-state index contributed by atoms with van der Waals surface area (Å²) < 4.78 is 5.71. The Labute approximate surface area is 182 Å². The van der Waals surface area contributed by atoms with E-state index < -0.39 is 0 Å². The van der Waals surface area contributed by atoms with Gasteiger partial charge in [0.25, 0.3) is 0 Å². The second-order valence-corrected chi connectivity index (χ2v) is 8.11. The molecular weight excluding hydrogens is 386 g/mol. The van der Waals surface area contributed by atoms with Crippen molar-refractivity contribution in [3.63, 3.8) is 0 Å². The van der Waals surface area contributed by atoms with Crippen LogP contribution in [0, 0.1) is 0 Å². The molecule has 5 heteroatoms. The van der Waals surface area contributed by atoms with Crippen LogP contribution in [0.4, 0.5) is 5.69 Å². The van der Waals surface area contributed by atoms with Crippen molar-refractivity contribution in [3.8, 4) is 0 Å². The zero-order valence-electron chi connectivity index (χ0n) is 17.6. The number of nitrogens with zero attached hydrogens (tertiary/aromatic N) is 2. The van der Waals surface area contributed by atoms with Gasteiger partial charge in [-0.05, 0) is 29.0 Å². The zero-order chi connectivity index (χ0) is 21.0. The number of hydrogen-bond donors (Lipinski definition) is 1. The summed E-state index contributed by atoms with van der Waals surface area (Å²) in [7, 11) is 0. The highest BCUT2D eigenvalue weighted by Gasteiger charge is 2.17. The van der Waals surface area contributed by atoms with Gasteiger partial charge in [0.15, 0.2) is 0 Å². The summed E-state index contributed by atoms with van der Waals surface area (Å²) in [6, 6.07) is 22.8. The lowest BCUT2D eigenvalue weighted by atomic mass is 10.0. The van der Waals surface area contributed by atoms with Crippen LogP contribution < -0.4 is 10.2 Å². The summed E-state index contributed by atoms with van der Waals surface area (Å²) >= 11 is 0. The Morgan fingerprint density at radius 3 is 2.52 bits per heavy atom. The average molecular weight is 414 g/mol. The van der Waals surface area contributed by atoms with Gasteiger partial charge in [0.2, 0.25) is 5.91 Å². The first kappa shape index (κ1) is 19.6. The van der Waals surface area contributed by atoms with E-state index >= 15 is 0 Å². The number of amides is 1. The SMILES string of the molecule is O=C(Cc1coc2ccc3ccccc3c12)NCCN1CCN(c2ccccc2)CC1. The minimum absolute atomic E-state index is 0.0403. The van der Waals surface area contributed by atoms with Gasteiger partial charge in [-0.2, -0.15) is 0 Å². The number of para-hydroxylation sites is 1. The molecule has 4 aromatic rings. The minimum atomic E-state index is 0.0403. The first-order valence-electron chi connectivity index (χ1n) is 10.9. The number of rotatable bonds is 6. The van der Waals surface area contributed by atoms with Crippen molar-refractivity contribution in [3.05, 3.63) is 78.6 Å². The van der Waals surface area contributed by atoms with E-state index in [1.165, 1.54) is 5.69 Å². The highest BCUT2D eigenvalue weighted by atomic mass is 16.3. The van der Waals surface area contributed by atoms with Crippen molar-refractivity contribution < 1.29 is 9.21 Å². The van der Waals surface area contributed by atoms with E-state index in [1.54, 1.807) is 6.26 Å². The topological polar surface area (TPSA) is 48.7 Å². The maximum atomic E-state index is 12.6. The molecule has 0 bridgehead atoms. The van der Waals surface area contributed by atoms with Crippen molar-refractivity contribution in [2.45, 2.75) is 6.42 Å². The average Bonchev–Trinajstić information content (AvgIpc) is 3.23. The van der Waals surface area contributed by atoms with Gasteiger partial charge in [-0.25, -0.2) is 0 Å². The van der Waals surface area contributed by atoms with Crippen LogP contribution in [0.1, 0.15) is 5.56 Å². The minimum Gasteiger partial charge on any atom is -0.464 e. The van der Waals surface area contributed by atoms with Gasteiger partial charge in [-0.15, -0.1) is 0 Å². The summed E-state index contributed by atoms with van der Waals surface area (Å²) in [6.07, 6.45) is 2.06. The Morgan fingerprint density at radius 2 is 1.68 bits per heavy atom. The smallest absolute Gasteiger partial charge is 0.224 e. The molecule has 158 valence electrons. The van der Waals surface area contributed by atoms with Crippen LogP contribution in [-0.2, 0) is 11.2 Å². The number of nitrogens with one attached hydrogen (secondary N) is 1. The van der Waals surface area contributed by atoms with Gasteiger partial charge in [0.1, 0.15) is 5.58 Å². The second kappa shape index (κ2) is 8.82. The fraction of sp³-hybridized carbons (Fsp3) is 0.269. The molecule has 31 heavy (non-hydrogen) atoms. The molecule has 5 rings (SSSR count). The first-order valence-corrected chi connectivity index (χ1v) is 10.9. The Hall–Kier alpha value is -3.31. The number of piperazine rings is 1. The Balaban J connectivity index is 1.13. The van der Waals surface area contributed by atoms with E-state index in [9.17, 15) is 4.79 Å². The number of carbonyl (C=O) groups is 1. The number of hydrogen-bond acceptors (Lipinski definition) is 4. The molecule has 0 spiro atoms. The monoisotopic (exact) mass is 413 g/mol. The van der Waals surface area contributed by atoms with E-state index in [-0.39, 0.29) is 5.91 Å². The number of benzene rings is 3. The van der Waals surface area contributed by atoms with Crippen LogP contribution in [0.25, 0.3) is 21.7 Å². The Bertz CT molecular complexity index is 1180. The lowest BCUT2D eigenvalue weighted by Crippen LogP contribution is -2.48. The summed E-state index contributed by atoms with van der Waals surface area (Å²) in [4.78, 5) is 17.4. The second-order valence-electron chi connectivity index (χ2n) is 8.11. The third kappa shape index (κ3) is 4.28. The van der Waals surface area contributed by atoms with Crippen LogP contribution in [0.15, 0.2) is 77.4 Å². The van der Waals surface area contributed by atoms with Crippen molar-refractivity contribution in [2.24, 2.45) is 0 Å². The maximum absolute atomic E-state index is 12.6. The molecule has 1 fully saturated rings. The van der Waals surface area contributed by atoms with Gasteiger partial charge in [0.05, 0.1) is 12.7 Å². The molecule has 2 heterocycles. The first-order chi connectivity index (χ1) is 15.3. The predicted octanol–water partition coefficient (Wildman–Crippen LogP) is 4.07.